The minimum Gasteiger partial charge on any atom is -0.494 e. The minimum atomic E-state index is -4.34. The summed E-state index contributed by atoms with van der Waals surface area (Å²) in [5.74, 6) is -1.56. The Bertz CT molecular complexity index is 1280. The Labute approximate surface area is 178 Å². The van der Waals surface area contributed by atoms with Gasteiger partial charge in [-0.15, -0.1) is 0 Å². The van der Waals surface area contributed by atoms with Crippen LogP contribution in [0.2, 0.25) is 0 Å². The van der Waals surface area contributed by atoms with Crippen molar-refractivity contribution in [3.63, 3.8) is 0 Å². The van der Waals surface area contributed by atoms with Crippen LogP contribution in [0.4, 0.5) is 20.2 Å². The van der Waals surface area contributed by atoms with Crippen LogP contribution in [0, 0.1) is 11.6 Å². The molecule has 0 heterocycles. The number of rotatable bonds is 8. The topological polar surface area (TPSA) is 102 Å². The lowest BCUT2D eigenvalue weighted by Gasteiger charge is -2.11. The second-order valence-electron chi connectivity index (χ2n) is 6.27. The van der Waals surface area contributed by atoms with Crippen molar-refractivity contribution in [2.75, 3.05) is 16.1 Å². The van der Waals surface area contributed by atoms with E-state index in [2.05, 4.69) is 9.44 Å². The Morgan fingerprint density at radius 2 is 1.32 bits per heavy atom. The predicted octanol–water partition coefficient (Wildman–Crippen LogP) is 3.97. The van der Waals surface area contributed by atoms with E-state index in [-0.39, 0.29) is 10.6 Å². The van der Waals surface area contributed by atoms with E-state index in [0.29, 0.717) is 24.1 Å². The monoisotopic (exact) mass is 468 g/mol. The van der Waals surface area contributed by atoms with Crippen LogP contribution in [-0.4, -0.2) is 23.4 Å². The first-order valence-electron chi connectivity index (χ1n) is 8.94. The largest absolute Gasteiger partial charge is 0.494 e. The first kappa shape index (κ1) is 22.5. The van der Waals surface area contributed by atoms with Crippen LogP contribution in [0.15, 0.2) is 76.5 Å². The number of sulfonamides is 2. The van der Waals surface area contributed by atoms with Crippen molar-refractivity contribution in [2.45, 2.75) is 16.7 Å². The minimum absolute atomic E-state index is 0.00347. The van der Waals surface area contributed by atoms with Crippen molar-refractivity contribution in [2.24, 2.45) is 0 Å². The summed E-state index contributed by atoms with van der Waals surface area (Å²) in [5, 5.41) is 0. The highest BCUT2D eigenvalue weighted by molar-refractivity contribution is 7.93. The summed E-state index contributed by atoms with van der Waals surface area (Å²) in [7, 11) is -8.27. The molecule has 0 radical (unpaired) electrons. The van der Waals surface area contributed by atoms with Crippen molar-refractivity contribution < 1.29 is 30.4 Å². The summed E-state index contributed by atoms with van der Waals surface area (Å²) >= 11 is 0. The zero-order valence-corrected chi connectivity index (χ0v) is 17.8. The van der Waals surface area contributed by atoms with Gasteiger partial charge in [-0.1, -0.05) is 0 Å². The van der Waals surface area contributed by atoms with E-state index in [1.165, 1.54) is 24.3 Å². The molecular formula is C20H18F2N2O5S2. The Kier molecular flexibility index (Phi) is 6.46. The van der Waals surface area contributed by atoms with Gasteiger partial charge in [0.05, 0.1) is 11.5 Å². The van der Waals surface area contributed by atoms with Gasteiger partial charge in [-0.05, 0) is 67.6 Å². The van der Waals surface area contributed by atoms with Gasteiger partial charge in [0.15, 0.2) is 0 Å². The van der Waals surface area contributed by atoms with E-state index in [1.54, 1.807) is 24.3 Å². The summed E-state index contributed by atoms with van der Waals surface area (Å²) in [6, 6.07) is 13.2. The number of hydrogen-bond donors (Lipinski definition) is 2. The Morgan fingerprint density at radius 1 is 0.774 bits per heavy atom. The molecule has 164 valence electrons. The Hall–Kier alpha value is -3.18. The van der Waals surface area contributed by atoms with Crippen molar-refractivity contribution in [3.05, 3.63) is 78.4 Å². The highest BCUT2D eigenvalue weighted by Crippen LogP contribution is 2.23. The van der Waals surface area contributed by atoms with Crippen LogP contribution in [-0.2, 0) is 20.0 Å². The smallest absolute Gasteiger partial charge is 0.264 e. The van der Waals surface area contributed by atoms with Crippen molar-refractivity contribution in [1.29, 1.82) is 0 Å². The van der Waals surface area contributed by atoms with Crippen LogP contribution in [0.1, 0.15) is 6.92 Å². The van der Waals surface area contributed by atoms with Gasteiger partial charge in [-0.25, -0.2) is 25.6 Å². The second-order valence-corrected chi connectivity index (χ2v) is 9.60. The molecule has 3 aromatic rings. The van der Waals surface area contributed by atoms with Crippen molar-refractivity contribution >= 4 is 31.4 Å². The zero-order chi connectivity index (χ0) is 22.6. The number of ether oxygens (including phenoxy) is 1. The Balaban J connectivity index is 1.75. The summed E-state index contributed by atoms with van der Waals surface area (Å²) in [6.45, 7) is 2.31. The normalized spacial score (nSPS) is 11.7. The van der Waals surface area contributed by atoms with Crippen LogP contribution >= 0.6 is 0 Å². The van der Waals surface area contributed by atoms with Crippen molar-refractivity contribution in [3.8, 4) is 5.75 Å². The van der Waals surface area contributed by atoms with Gasteiger partial charge in [0.25, 0.3) is 20.0 Å². The van der Waals surface area contributed by atoms with E-state index in [9.17, 15) is 25.6 Å². The van der Waals surface area contributed by atoms with Crippen LogP contribution in [0.5, 0.6) is 5.75 Å². The average Bonchev–Trinajstić information content (AvgIpc) is 2.69. The molecule has 2 N–H and O–H groups in total. The molecule has 0 fully saturated rings. The maximum absolute atomic E-state index is 13.8. The molecule has 0 spiro atoms. The third-order valence-electron chi connectivity index (χ3n) is 4.02. The van der Waals surface area contributed by atoms with E-state index in [0.717, 1.165) is 12.1 Å². The lowest BCUT2D eigenvalue weighted by molar-refractivity contribution is 0.340. The standard InChI is InChI=1S/C20H18F2N2O5S2/c1-2-29-17-8-4-15(5-9-17)23-30(25,26)18-10-6-16(7-11-18)24-31(27,28)20-12-3-14(21)13-19(20)22/h3-13,23-24H,2H2,1H3. The van der Waals surface area contributed by atoms with Crippen LogP contribution < -0.4 is 14.2 Å². The van der Waals surface area contributed by atoms with Gasteiger partial charge in [0.2, 0.25) is 0 Å². The number of nitrogens with one attached hydrogen (secondary N) is 2. The summed E-state index contributed by atoms with van der Waals surface area (Å²) in [4.78, 5) is -0.847. The van der Waals surface area contributed by atoms with Crippen LogP contribution in [0.25, 0.3) is 0 Å². The molecule has 0 saturated carbocycles. The summed E-state index contributed by atoms with van der Waals surface area (Å²) in [5.41, 5.74) is 0.323. The maximum Gasteiger partial charge on any atom is 0.264 e. The molecule has 11 heteroatoms. The quantitative estimate of drug-likeness (QED) is 0.521. The molecule has 31 heavy (non-hydrogen) atoms. The summed E-state index contributed by atoms with van der Waals surface area (Å²) < 4.78 is 86.3. The number of benzene rings is 3. The van der Waals surface area contributed by atoms with Gasteiger partial charge in [-0.2, -0.15) is 0 Å². The fraction of sp³-hybridized carbons (Fsp3) is 0.100. The zero-order valence-electron chi connectivity index (χ0n) is 16.2. The van der Waals surface area contributed by atoms with E-state index < -0.39 is 36.6 Å². The predicted molar refractivity (Wildman–Crippen MR) is 112 cm³/mol. The summed E-state index contributed by atoms with van der Waals surface area (Å²) in [6.07, 6.45) is 0. The van der Waals surface area contributed by atoms with E-state index >= 15 is 0 Å². The molecule has 0 aromatic heterocycles. The third-order valence-corrected chi connectivity index (χ3v) is 6.83. The number of hydrogen-bond acceptors (Lipinski definition) is 5. The number of halogens is 2. The number of anilines is 2. The first-order valence-corrected chi connectivity index (χ1v) is 11.9. The molecule has 0 saturated heterocycles. The van der Waals surface area contributed by atoms with E-state index in [4.69, 9.17) is 4.74 Å². The molecule has 0 aliphatic heterocycles. The molecule has 0 amide bonds. The molecular weight excluding hydrogens is 450 g/mol. The molecule has 3 rings (SSSR count). The van der Waals surface area contributed by atoms with Gasteiger partial charge in [0.1, 0.15) is 22.3 Å². The average molecular weight is 469 g/mol. The SMILES string of the molecule is CCOc1ccc(NS(=O)(=O)c2ccc(NS(=O)(=O)c3ccc(F)cc3F)cc2)cc1. The second kappa shape index (κ2) is 8.90. The van der Waals surface area contributed by atoms with Crippen molar-refractivity contribution in [1.82, 2.24) is 0 Å². The van der Waals surface area contributed by atoms with Gasteiger partial charge in [-0.3, -0.25) is 9.44 Å². The van der Waals surface area contributed by atoms with Gasteiger partial charge < -0.3 is 4.74 Å². The lowest BCUT2D eigenvalue weighted by Crippen LogP contribution is -2.15. The van der Waals surface area contributed by atoms with E-state index in [1.807, 2.05) is 6.92 Å². The van der Waals surface area contributed by atoms with Gasteiger partial charge in [0, 0.05) is 17.4 Å². The Morgan fingerprint density at radius 3 is 1.87 bits per heavy atom. The molecule has 7 nitrogen and oxygen atoms in total. The lowest BCUT2D eigenvalue weighted by atomic mass is 10.3. The highest BCUT2D eigenvalue weighted by Gasteiger charge is 2.20. The molecule has 0 bridgehead atoms. The molecule has 3 aromatic carbocycles. The van der Waals surface area contributed by atoms with Gasteiger partial charge >= 0.3 is 0 Å². The van der Waals surface area contributed by atoms with Crippen LogP contribution in [0.3, 0.4) is 0 Å². The maximum atomic E-state index is 13.8. The third kappa shape index (κ3) is 5.50. The first-order chi connectivity index (χ1) is 14.6. The molecule has 0 aliphatic carbocycles. The highest BCUT2D eigenvalue weighted by atomic mass is 32.2. The fourth-order valence-electron chi connectivity index (χ4n) is 2.61. The molecule has 0 atom stereocenters. The molecule has 0 aliphatic rings. The fourth-order valence-corrected chi connectivity index (χ4v) is 4.78. The molecule has 0 unspecified atom stereocenters.